The number of hydrogen-bond donors (Lipinski definition) is 2. The topological polar surface area (TPSA) is 100 Å². The Hall–Kier alpha value is -4.00. The molecular formula is C25H23NO6. The highest BCUT2D eigenvalue weighted by Gasteiger charge is 2.49. The fraction of sp³-hybridized carbons (Fsp3) is 0.200. The van der Waals surface area contributed by atoms with Crippen LogP contribution in [0.15, 0.2) is 64.6 Å². The van der Waals surface area contributed by atoms with Crippen LogP contribution in [0.5, 0.6) is 11.5 Å². The second kappa shape index (κ2) is 8.26. The Morgan fingerprint density at radius 3 is 2.47 bits per heavy atom. The zero-order valence-electron chi connectivity index (χ0n) is 18.0. The molecular weight excluding hydrogens is 410 g/mol. The molecule has 4 rings (SSSR count). The smallest absolute Gasteiger partial charge is 0.300 e. The molecule has 2 aromatic carbocycles. The molecule has 0 aliphatic carbocycles. The van der Waals surface area contributed by atoms with Gasteiger partial charge in [0.25, 0.3) is 11.7 Å². The maximum atomic E-state index is 13.1. The number of aliphatic hydroxyl groups is 1. The van der Waals surface area contributed by atoms with Gasteiger partial charge in [-0.05, 0) is 68.8 Å². The van der Waals surface area contributed by atoms with Crippen molar-refractivity contribution < 1.29 is 29.0 Å². The Bertz CT molecular complexity index is 1240. The fourth-order valence-electron chi connectivity index (χ4n) is 3.89. The van der Waals surface area contributed by atoms with Crippen LogP contribution in [0.4, 0.5) is 5.69 Å². The summed E-state index contributed by atoms with van der Waals surface area (Å²) in [7, 11) is 0. The van der Waals surface area contributed by atoms with Gasteiger partial charge in [-0.3, -0.25) is 14.5 Å². The molecule has 1 fully saturated rings. The van der Waals surface area contributed by atoms with Crippen molar-refractivity contribution in [3.63, 3.8) is 0 Å². The minimum Gasteiger partial charge on any atom is -0.507 e. The van der Waals surface area contributed by atoms with Gasteiger partial charge in [0.2, 0.25) is 0 Å². The zero-order chi connectivity index (χ0) is 23.0. The van der Waals surface area contributed by atoms with Crippen LogP contribution in [0, 0.1) is 13.8 Å². The lowest BCUT2D eigenvalue weighted by atomic mass is 9.98. The van der Waals surface area contributed by atoms with Gasteiger partial charge in [-0.1, -0.05) is 12.1 Å². The summed E-state index contributed by atoms with van der Waals surface area (Å²) in [6.45, 7) is 5.94. The molecule has 0 saturated carbocycles. The van der Waals surface area contributed by atoms with Crippen molar-refractivity contribution >= 4 is 23.1 Å². The number of aryl methyl sites for hydroxylation is 2. The quantitative estimate of drug-likeness (QED) is 0.346. The van der Waals surface area contributed by atoms with Gasteiger partial charge in [0, 0.05) is 5.56 Å². The Labute approximate surface area is 185 Å². The average Bonchev–Trinajstić information content (AvgIpc) is 3.31. The number of carbonyl (C=O) groups is 2. The summed E-state index contributed by atoms with van der Waals surface area (Å²) in [5, 5.41) is 21.5. The largest absolute Gasteiger partial charge is 0.507 e. The predicted octanol–water partition coefficient (Wildman–Crippen LogP) is 4.63. The number of ether oxygens (including phenoxy) is 1. The van der Waals surface area contributed by atoms with E-state index in [2.05, 4.69) is 0 Å². The number of aliphatic hydroxyl groups excluding tert-OH is 1. The number of rotatable bonds is 5. The lowest BCUT2D eigenvalue weighted by Crippen LogP contribution is -2.29. The molecule has 7 heteroatoms. The normalized spacial score (nSPS) is 17.7. The highest BCUT2D eigenvalue weighted by Crippen LogP contribution is 2.45. The molecule has 1 unspecified atom stereocenters. The number of phenolic OH excluding ortho intramolecular Hbond substituents is 1. The van der Waals surface area contributed by atoms with Crippen molar-refractivity contribution in [3.05, 3.63) is 82.8 Å². The van der Waals surface area contributed by atoms with Gasteiger partial charge in [-0.25, -0.2) is 0 Å². The van der Waals surface area contributed by atoms with Crippen LogP contribution in [0.2, 0.25) is 0 Å². The number of ketones is 1. The lowest BCUT2D eigenvalue weighted by Gasteiger charge is -2.24. The molecule has 1 aromatic heterocycles. The lowest BCUT2D eigenvalue weighted by molar-refractivity contribution is -0.132. The van der Waals surface area contributed by atoms with E-state index in [1.54, 1.807) is 49.4 Å². The maximum absolute atomic E-state index is 13.1. The fourth-order valence-corrected chi connectivity index (χ4v) is 3.89. The summed E-state index contributed by atoms with van der Waals surface area (Å²) in [6, 6.07) is 13.6. The Balaban J connectivity index is 1.91. The van der Waals surface area contributed by atoms with Gasteiger partial charge < -0.3 is 19.4 Å². The molecule has 2 heterocycles. The van der Waals surface area contributed by atoms with E-state index in [1.165, 1.54) is 12.1 Å². The molecule has 1 atom stereocenters. The summed E-state index contributed by atoms with van der Waals surface area (Å²) in [4.78, 5) is 27.3. The highest BCUT2D eigenvalue weighted by atomic mass is 16.5. The third-order valence-corrected chi connectivity index (χ3v) is 5.36. The third kappa shape index (κ3) is 3.51. The number of anilines is 1. The van der Waals surface area contributed by atoms with Crippen LogP contribution in [0.25, 0.3) is 5.76 Å². The number of para-hydroxylation sites is 2. The number of nitrogens with zero attached hydrogens (tertiary/aromatic N) is 1. The Morgan fingerprint density at radius 1 is 1.09 bits per heavy atom. The number of hydrogen-bond acceptors (Lipinski definition) is 6. The van der Waals surface area contributed by atoms with E-state index in [-0.39, 0.29) is 22.8 Å². The summed E-state index contributed by atoms with van der Waals surface area (Å²) in [5.74, 6) is -0.678. The molecule has 164 valence electrons. The monoisotopic (exact) mass is 433 g/mol. The number of amides is 1. The zero-order valence-corrected chi connectivity index (χ0v) is 18.0. The molecule has 1 amide bonds. The van der Waals surface area contributed by atoms with Gasteiger partial charge in [0.15, 0.2) is 0 Å². The van der Waals surface area contributed by atoms with Crippen molar-refractivity contribution in [2.45, 2.75) is 26.8 Å². The molecule has 0 spiro atoms. The number of benzene rings is 2. The van der Waals surface area contributed by atoms with Crippen molar-refractivity contribution in [1.82, 2.24) is 0 Å². The predicted molar refractivity (Wildman–Crippen MR) is 119 cm³/mol. The Kier molecular flexibility index (Phi) is 5.48. The first-order valence-corrected chi connectivity index (χ1v) is 10.2. The van der Waals surface area contributed by atoms with Crippen molar-refractivity contribution in [2.75, 3.05) is 11.5 Å². The number of furan rings is 1. The second-order valence-electron chi connectivity index (χ2n) is 7.52. The number of phenols is 1. The molecule has 1 aliphatic rings. The van der Waals surface area contributed by atoms with Gasteiger partial charge in [0.1, 0.15) is 34.8 Å². The first kappa shape index (κ1) is 21.2. The molecule has 1 aliphatic heterocycles. The van der Waals surface area contributed by atoms with Crippen LogP contribution >= 0.6 is 0 Å². The minimum absolute atomic E-state index is 0.115. The molecule has 2 N–H and O–H groups in total. The first-order chi connectivity index (χ1) is 15.3. The van der Waals surface area contributed by atoms with E-state index >= 15 is 0 Å². The van der Waals surface area contributed by atoms with Crippen LogP contribution in [0.1, 0.15) is 35.6 Å². The first-order valence-electron chi connectivity index (χ1n) is 10.2. The van der Waals surface area contributed by atoms with E-state index in [0.717, 1.165) is 10.5 Å². The molecule has 1 saturated heterocycles. The Morgan fingerprint density at radius 2 is 1.84 bits per heavy atom. The molecule has 32 heavy (non-hydrogen) atoms. The van der Waals surface area contributed by atoms with Gasteiger partial charge in [0.05, 0.1) is 17.9 Å². The molecule has 3 aromatic rings. The van der Waals surface area contributed by atoms with Crippen molar-refractivity contribution in [1.29, 1.82) is 0 Å². The number of aromatic hydroxyl groups is 1. The van der Waals surface area contributed by atoms with Gasteiger partial charge in [-0.15, -0.1) is 0 Å². The van der Waals surface area contributed by atoms with Crippen LogP contribution in [-0.2, 0) is 9.59 Å². The molecule has 0 bridgehead atoms. The SMILES string of the molecule is CCOc1ccc(/C(O)=C2/C(=O)C(=O)N(c3ccccc3O)C2c2ccc(C)o2)cc1C. The summed E-state index contributed by atoms with van der Waals surface area (Å²) in [6.07, 6.45) is 0. The van der Waals surface area contributed by atoms with Crippen LogP contribution in [-0.4, -0.2) is 28.5 Å². The summed E-state index contributed by atoms with van der Waals surface area (Å²) in [5.41, 5.74) is 1.18. The van der Waals surface area contributed by atoms with Gasteiger partial charge >= 0.3 is 0 Å². The third-order valence-electron chi connectivity index (χ3n) is 5.36. The maximum Gasteiger partial charge on any atom is 0.300 e. The highest BCUT2D eigenvalue weighted by molar-refractivity contribution is 6.51. The van der Waals surface area contributed by atoms with Crippen LogP contribution in [0.3, 0.4) is 0 Å². The van der Waals surface area contributed by atoms with Crippen molar-refractivity contribution in [2.24, 2.45) is 0 Å². The standard InChI is InChI=1S/C25H23NO6/c1-4-31-19-12-10-16(13-14(19)2)23(28)21-22(20-11-9-15(3)32-20)26(25(30)24(21)29)17-7-5-6-8-18(17)27/h5-13,22,27-28H,4H2,1-3H3/b23-21-. The van der Waals surface area contributed by atoms with Crippen LogP contribution < -0.4 is 9.64 Å². The van der Waals surface area contributed by atoms with E-state index < -0.39 is 17.7 Å². The van der Waals surface area contributed by atoms with Gasteiger partial charge in [-0.2, -0.15) is 0 Å². The summed E-state index contributed by atoms with van der Waals surface area (Å²) >= 11 is 0. The number of Topliss-reactive ketones (excluding diaryl/α,β-unsaturated/α-hetero) is 1. The summed E-state index contributed by atoms with van der Waals surface area (Å²) < 4.78 is 11.3. The number of carbonyl (C=O) groups excluding carboxylic acids is 2. The molecule has 7 nitrogen and oxygen atoms in total. The van der Waals surface area contributed by atoms with Crippen molar-refractivity contribution in [3.8, 4) is 11.5 Å². The average molecular weight is 433 g/mol. The van der Waals surface area contributed by atoms with E-state index in [1.807, 2.05) is 13.8 Å². The molecule has 0 radical (unpaired) electrons. The van der Waals surface area contributed by atoms with E-state index in [0.29, 0.717) is 29.4 Å². The second-order valence-corrected chi connectivity index (χ2v) is 7.52. The van der Waals surface area contributed by atoms with E-state index in [9.17, 15) is 19.8 Å². The minimum atomic E-state index is -1.04. The van der Waals surface area contributed by atoms with E-state index in [4.69, 9.17) is 9.15 Å².